The van der Waals surface area contributed by atoms with Crippen molar-refractivity contribution in [1.82, 2.24) is 0 Å². The molecule has 0 aromatic heterocycles. The van der Waals surface area contributed by atoms with E-state index in [0.717, 1.165) is 0 Å². The molecule has 2 atom stereocenters. The average molecular weight is 162 g/mol. The molecule has 0 aromatic carbocycles. The van der Waals surface area contributed by atoms with Gasteiger partial charge in [0, 0.05) is 5.25 Å². The molecule has 3 nitrogen and oxygen atoms in total. The smallest absolute Gasteiger partial charge is 0.235 e. The van der Waals surface area contributed by atoms with E-state index < -0.39 is 11.9 Å². The molecule has 60 valence electrons. The normalized spacial score (nSPS) is 16.9. The van der Waals surface area contributed by atoms with Gasteiger partial charge in [0.15, 0.2) is 0 Å². The minimum absolute atomic E-state index is 0.141. The van der Waals surface area contributed by atoms with Crippen LogP contribution in [0.5, 0.6) is 0 Å². The highest BCUT2D eigenvalue weighted by Gasteiger charge is 2.21. The number of amides is 1. The zero-order chi connectivity index (χ0) is 8.31. The van der Waals surface area contributed by atoms with Crippen LogP contribution in [0.1, 0.15) is 13.8 Å². The molecule has 0 spiro atoms. The molecular formula is C6H14N2OS. The van der Waals surface area contributed by atoms with Crippen molar-refractivity contribution in [2.24, 2.45) is 17.4 Å². The third-order valence-electron chi connectivity index (χ3n) is 1.38. The van der Waals surface area contributed by atoms with Crippen LogP contribution in [0, 0.1) is 5.92 Å². The molecule has 0 heterocycles. The Bertz CT molecular complexity index is 127. The molecule has 0 rings (SSSR count). The van der Waals surface area contributed by atoms with Crippen molar-refractivity contribution in [2.45, 2.75) is 25.1 Å². The van der Waals surface area contributed by atoms with Crippen LogP contribution in [0.2, 0.25) is 0 Å². The van der Waals surface area contributed by atoms with Crippen molar-refractivity contribution in [1.29, 1.82) is 0 Å². The van der Waals surface area contributed by atoms with E-state index >= 15 is 0 Å². The van der Waals surface area contributed by atoms with Crippen molar-refractivity contribution < 1.29 is 4.79 Å². The van der Waals surface area contributed by atoms with E-state index in [1.165, 1.54) is 0 Å². The molecule has 0 radical (unpaired) electrons. The summed E-state index contributed by atoms with van der Waals surface area (Å²) in [7, 11) is 0. The van der Waals surface area contributed by atoms with E-state index in [2.05, 4.69) is 12.6 Å². The summed E-state index contributed by atoms with van der Waals surface area (Å²) in [6.45, 7) is 3.89. The highest BCUT2D eigenvalue weighted by molar-refractivity contribution is 7.81. The van der Waals surface area contributed by atoms with E-state index in [4.69, 9.17) is 11.5 Å². The molecule has 10 heavy (non-hydrogen) atoms. The maximum Gasteiger partial charge on any atom is 0.235 e. The summed E-state index contributed by atoms with van der Waals surface area (Å²) in [6, 6.07) is -0.636. The van der Waals surface area contributed by atoms with Crippen LogP contribution >= 0.6 is 12.6 Å². The Hall–Kier alpha value is -0.220. The van der Waals surface area contributed by atoms with Crippen molar-refractivity contribution in [3.63, 3.8) is 0 Å². The van der Waals surface area contributed by atoms with Crippen molar-refractivity contribution in [3.05, 3.63) is 0 Å². The van der Waals surface area contributed by atoms with Crippen molar-refractivity contribution in [3.8, 4) is 0 Å². The van der Waals surface area contributed by atoms with Crippen LogP contribution in [0.25, 0.3) is 0 Å². The number of rotatable bonds is 3. The Balaban J connectivity index is 3.94. The van der Waals surface area contributed by atoms with Gasteiger partial charge in [0.1, 0.15) is 0 Å². The Morgan fingerprint density at radius 3 is 2.00 bits per heavy atom. The Labute approximate surface area is 66.6 Å². The second-order valence-corrected chi connectivity index (χ2v) is 3.26. The number of nitrogens with two attached hydrogens (primary N) is 2. The largest absolute Gasteiger partial charge is 0.368 e. The van der Waals surface area contributed by atoms with Crippen LogP contribution in [0.15, 0.2) is 0 Å². The lowest BCUT2D eigenvalue weighted by Crippen LogP contribution is -2.45. The lowest BCUT2D eigenvalue weighted by molar-refractivity contribution is -0.119. The van der Waals surface area contributed by atoms with E-state index in [-0.39, 0.29) is 11.2 Å². The minimum Gasteiger partial charge on any atom is -0.368 e. The lowest BCUT2D eigenvalue weighted by Gasteiger charge is -2.18. The monoisotopic (exact) mass is 162 g/mol. The van der Waals surface area contributed by atoms with Gasteiger partial charge >= 0.3 is 0 Å². The molecule has 0 saturated carbocycles. The fourth-order valence-electron chi connectivity index (χ4n) is 0.583. The molecular weight excluding hydrogens is 148 g/mol. The number of hydrogen-bond acceptors (Lipinski definition) is 3. The zero-order valence-electron chi connectivity index (χ0n) is 6.24. The Morgan fingerprint density at radius 1 is 1.50 bits per heavy atom. The van der Waals surface area contributed by atoms with Gasteiger partial charge in [-0.05, 0) is 5.92 Å². The summed E-state index contributed by atoms with van der Waals surface area (Å²) >= 11 is 4.13. The molecule has 4 N–H and O–H groups in total. The van der Waals surface area contributed by atoms with E-state index in [1.54, 1.807) is 0 Å². The molecule has 0 aliphatic carbocycles. The molecule has 1 amide bonds. The van der Waals surface area contributed by atoms with Gasteiger partial charge in [-0.15, -0.1) is 0 Å². The summed E-state index contributed by atoms with van der Waals surface area (Å²) in [4.78, 5) is 10.5. The van der Waals surface area contributed by atoms with Crippen molar-refractivity contribution in [2.75, 3.05) is 0 Å². The van der Waals surface area contributed by atoms with Crippen molar-refractivity contribution >= 4 is 18.5 Å². The number of hydrogen-bond donors (Lipinski definition) is 3. The van der Waals surface area contributed by atoms with Gasteiger partial charge in [0.25, 0.3) is 0 Å². The molecule has 0 fully saturated rings. The topological polar surface area (TPSA) is 69.1 Å². The first kappa shape index (κ1) is 9.78. The lowest BCUT2D eigenvalue weighted by atomic mass is 10.0. The van der Waals surface area contributed by atoms with Crippen LogP contribution in [0.4, 0.5) is 0 Å². The highest BCUT2D eigenvalue weighted by Crippen LogP contribution is 2.11. The fourth-order valence-corrected chi connectivity index (χ4v) is 0.730. The van der Waals surface area contributed by atoms with Gasteiger partial charge in [0.05, 0.1) is 6.04 Å². The van der Waals surface area contributed by atoms with Crippen LogP contribution < -0.4 is 11.5 Å². The van der Waals surface area contributed by atoms with Gasteiger partial charge in [0.2, 0.25) is 5.91 Å². The number of thiol groups is 1. The SMILES string of the molecule is CC(C)C(S)C(N)C(N)=O. The summed E-state index contributed by atoms with van der Waals surface area (Å²) in [5, 5.41) is -0.141. The first-order valence-electron chi connectivity index (χ1n) is 3.19. The predicted octanol–water partition coefficient (Wildman–Crippen LogP) is -0.247. The fraction of sp³-hybridized carbons (Fsp3) is 0.833. The molecule has 0 aliphatic heterocycles. The summed E-state index contributed by atoms with van der Waals surface area (Å²) in [5.41, 5.74) is 10.4. The predicted molar refractivity (Wildman–Crippen MR) is 44.8 cm³/mol. The van der Waals surface area contributed by atoms with Crippen LogP contribution in [0.3, 0.4) is 0 Å². The second-order valence-electron chi connectivity index (χ2n) is 2.66. The number of carbonyl (C=O) groups excluding carboxylic acids is 1. The average Bonchev–Trinajstić information content (AvgIpc) is 1.84. The molecule has 0 aromatic rings. The molecule has 0 aliphatic rings. The minimum atomic E-state index is -0.636. The summed E-state index contributed by atoms with van der Waals surface area (Å²) in [6.07, 6.45) is 0. The number of carbonyl (C=O) groups is 1. The quantitative estimate of drug-likeness (QED) is 0.501. The van der Waals surface area contributed by atoms with E-state index in [0.29, 0.717) is 0 Å². The highest BCUT2D eigenvalue weighted by atomic mass is 32.1. The third-order valence-corrected chi connectivity index (χ3v) is 2.30. The van der Waals surface area contributed by atoms with Gasteiger partial charge in [-0.1, -0.05) is 13.8 Å². The van der Waals surface area contributed by atoms with Crippen LogP contribution in [-0.4, -0.2) is 17.2 Å². The van der Waals surface area contributed by atoms with Gasteiger partial charge < -0.3 is 11.5 Å². The Morgan fingerprint density at radius 2 is 1.90 bits per heavy atom. The van der Waals surface area contributed by atoms with Crippen LogP contribution in [-0.2, 0) is 4.79 Å². The molecule has 4 heteroatoms. The number of primary amides is 1. The van der Waals surface area contributed by atoms with E-state index in [1.807, 2.05) is 13.8 Å². The van der Waals surface area contributed by atoms with Gasteiger partial charge in [-0.3, -0.25) is 4.79 Å². The zero-order valence-corrected chi connectivity index (χ0v) is 7.14. The summed E-state index contributed by atoms with van der Waals surface area (Å²) in [5.74, 6) is -0.223. The summed E-state index contributed by atoms with van der Waals surface area (Å²) < 4.78 is 0. The second kappa shape index (κ2) is 3.83. The molecule has 0 saturated heterocycles. The first-order valence-corrected chi connectivity index (χ1v) is 3.71. The van der Waals surface area contributed by atoms with Gasteiger partial charge in [-0.25, -0.2) is 0 Å². The third kappa shape index (κ3) is 2.58. The Kier molecular flexibility index (Phi) is 3.75. The van der Waals surface area contributed by atoms with Gasteiger partial charge in [-0.2, -0.15) is 12.6 Å². The first-order chi connectivity index (χ1) is 4.46. The maximum absolute atomic E-state index is 10.5. The van der Waals surface area contributed by atoms with E-state index in [9.17, 15) is 4.79 Å². The molecule has 0 bridgehead atoms. The molecule has 2 unspecified atom stereocenters. The standard InChI is InChI=1S/C6H14N2OS/c1-3(2)5(10)4(7)6(8)9/h3-5,10H,7H2,1-2H3,(H2,8,9). The maximum atomic E-state index is 10.5.